The molecule has 1 nitrogen and oxygen atoms in total. The van der Waals surface area contributed by atoms with Gasteiger partial charge in [0.15, 0.2) is 0 Å². The van der Waals surface area contributed by atoms with Crippen molar-refractivity contribution in [3.8, 4) is 0 Å². The lowest BCUT2D eigenvalue weighted by Crippen LogP contribution is -2.09. The second kappa shape index (κ2) is 3.94. The smallest absolute Gasteiger partial charge is 0.0113 e. The van der Waals surface area contributed by atoms with Gasteiger partial charge in [0.05, 0.1) is 0 Å². The number of rotatable bonds is 4. The van der Waals surface area contributed by atoms with Crippen LogP contribution in [0.5, 0.6) is 0 Å². The van der Waals surface area contributed by atoms with Crippen molar-refractivity contribution in [2.24, 2.45) is 0 Å². The molecule has 0 aliphatic rings. The third-order valence-electron chi connectivity index (χ3n) is 1.35. The van der Waals surface area contributed by atoms with E-state index in [0.29, 0.717) is 0 Å². The molecule has 0 spiro atoms. The Hall–Kier alpha value is -0.980. The van der Waals surface area contributed by atoms with Crippen LogP contribution in [0, 0.1) is 0 Å². The summed E-state index contributed by atoms with van der Waals surface area (Å²) in [5.74, 6) is 0. The van der Waals surface area contributed by atoms with Gasteiger partial charge in [-0.15, -0.1) is 0 Å². The van der Waals surface area contributed by atoms with E-state index in [-0.39, 0.29) is 0 Å². The molecule has 0 aliphatic carbocycles. The maximum atomic E-state index is 3.86. The van der Waals surface area contributed by atoms with E-state index in [4.69, 9.17) is 0 Å². The number of allylic oxidation sites excluding steroid dienone is 2. The van der Waals surface area contributed by atoms with Gasteiger partial charge in [0.1, 0.15) is 0 Å². The fraction of sp³-hybridized carbons (Fsp3) is 0.333. The van der Waals surface area contributed by atoms with Gasteiger partial charge in [-0.25, -0.2) is 0 Å². The molecule has 0 heterocycles. The van der Waals surface area contributed by atoms with Gasteiger partial charge < -0.3 is 4.90 Å². The van der Waals surface area contributed by atoms with Crippen LogP contribution in [0.4, 0.5) is 0 Å². The van der Waals surface area contributed by atoms with Crippen LogP contribution < -0.4 is 0 Å². The second-order valence-electron chi connectivity index (χ2n) is 2.50. The van der Waals surface area contributed by atoms with E-state index in [1.54, 1.807) is 6.08 Å². The molecule has 0 bridgehead atoms. The van der Waals surface area contributed by atoms with Gasteiger partial charge in [0.25, 0.3) is 0 Å². The molecule has 0 rings (SSSR count). The van der Waals surface area contributed by atoms with Crippen LogP contribution in [0.15, 0.2) is 37.1 Å². The molecule has 1 heteroatoms. The van der Waals surface area contributed by atoms with Crippen molar-refractivity contribution in [3.63, 3.8) is 0 Å². The van der Waals surface area contributed by atoms with Crippen LogP contribution in [0.25, 0.3) is 0 Å². The summed E-state index contributed by atoms with van der Waals surface area (Å²) in [6, 6.07) is 0. The molecule has 0 atom stereocenters. The molecule has 0 saturated carbocycles. The monoisotopic (exact) mass is 137 g/mol. The fourth-order valence-corrected chi connectivity index (χ4v) is 0.492. The summed E-state index contributed by atoms with van der Waals surface area (Å²) in [4.78, 5) is 1.98. The van der Waals surface area contributed by atoms with Crippen molar-refractivity contribution < 1.29 is 0 Å². The predicted molar refractivity (Wildman–Crippen MR) is 46.8 cm³/mol. The summed E-state index contributed by atoms with van der Waals surface area (Å²) >= 11 is 0. The molecule has 0 aromatic carbocycles. The third kappa shape index (κ3) is 3.13. The minimum atomic E-state index is 0.816. The predicted octanol–water partition coefficient (Wildman–Crippen LogP) is 2.19. The van der Waals surface area contributed by atoms with Crippen molar-refractivity contribution in [1.29, 1.82) is 0 Å². The Balaban J connectivity index is 3.80. The van der Waals surface area contributed by atoms with E-state index in [0.717, 1.165) is 17.7 Å². The van der Waals surface area contributed by atoms with Crippen LogP contribution in [-0.4, -0.2) is 19.0 Å². The zero-order chi connectivity index (χ0) is 8.15. The Morgan fingerprint density at radius 1 is 1.40 bits per heavy atom. The van der Waals surface area contributed by atoms with Crippen LogP contribution in [-0.2, 0) is 0 Å². The van der Waals surface area contributed by atoms with Crippen LogP contribution in [0.3, 0.4) is 0 Å². The van der Waals surface area contributed by atoms with Gasteiger partial charge in [0.2, 0.25) is 0 Å². The lowest BCUT2D eigenvalue weighted by molar-refractivity contribution is 0.502. The molecule has 0 aromatic rings. The quantitative estimate of drug-likeness (QED) is 0.537. The lowest BCUT2D eigenvalue weighted by atomic mass is 10.2. The molecule has 0 fully saturated rings. The van der Waals surface area contributed by atoms with Crippen molar-refractivity contribution in [2.75, 3.05) is 14.1 Å². The van der Waals surface area contributed by atoms with Gasteiger partial charge in [-0.2, -0.15) is 0 Å². The Bertz CT molecular complexity index is 154. The molecule has 0 aliphatic heterocycles. The standard InChI is InChI=1S/C9H15N/c1-6-8(2)7-9(3)10(4)5/h6H,1-3,7H2,4-5H3. The zero-order valence-electron chi connectivity index (χ0n) is 6.85. The molecule has 0 radical (unpaired) electrons. The van der Waals surface area contributed by atoms with E-state index in [1.807, 2.05) is 19.0 Å². The summed E-state index contributed by atoms with van der Waals surface area (Å²) in [5, 5.41) is 0. The summed E-state index contributed by atoms with van der Waals surface area (Å²) in [6.45, 7) is 11.3. The summed E-state index contributed by atoms with van der Waals surface area (Å²) < 4.78 is 0. The average molecular weight is 137 g/mol. The second-order valence-corrected chi connectivity index (χ2v) is 2.50. The van der Waals surface area contributed by atoms with Crippen LogP contribution in [0.1, 0.15) is 6.42 Å². The van der Waals surface area contributed by atoms with E-state index >= 15 is 0 Å². The first-order valence-electron chi connectivity index (χ1n) is 3.23. The molecular formula is C9H15N. The minimum absolute atomic E-state index is 0.816. The summed E-state index contributed by atoms with van der Waals surface area (Å²) in [7, 11) is 3.94. The van der Waals surface area contributed by atoms with Crippen molar-refractivity contribution in [2.45, 2.75) is 6.42 Å². The van der Waals surface area contributed by atoms with Gasteiger partial charge >= 0.3 is 0 Å². The Morgan fingerprint density at radius 2 is 1.90 bits per heavy atom. The Morgan fingerprint density at radius 3 is 2.20 bits per heavy atom. The highest BCUT2D eigenvalue weighted by atomic mass is 15.1. The largest absolute Gasteiger partial charge is 0.381 e. The molecule has 0 saturated heterocycles. The molecule has 0 N–H and O–H groups in total. The maximum absolute atomic E-state index is 3.86. The average Bonchev–Trinajstić information content (AvgIpc) is 1.87. The molecule has 10 heavy (non-hydrogen) atoms. The minimum Gasteiger partial charge on any atom is -0.381 e. The summed E-state index contributed by atoms with van der Waals surface area (Å²) in [5.41, 5.74) is 2.07. The third-order valence-corrected chi connectivity index (χ3v) is 1.35. The highest BCUT2D eigenvalue weighted by Crippen LogP contribution is 2.08. The normalized spacial score (nSPS) is 8.60. The van der Waals surface area contributed by atoms with Crippen molar-refractivity contribution in [1.82, 2.24) is 4.90 Å². The highest BCUT2D eigenvalue weighted by Gasteiger charge is 1.95. The first-order valence-corrected chi connectivity index (χ1v) is 3.23. The molecular weight excluding hydrogens is 122 g/mol. The molecule has 0 amide bonds. The number of hydrogen-bond donors (Lipinski definition) is 0. The molecule has 0 unspecified atom stereocenters. The SMILES string of the molecule is C=CC(=C)CC(=C)N(C)C. The Kier molecular flexibility index (Phi) is 3.55. The number of nitrogens with zero attached hydrogens (tertiary/aromatic N) is 1. The van der Waals surface area contributed by atoms with Gasteiger partial charge in [-0.05, 0) is 5.57 Å². The van der Waals surface area contributed by atoms with Crippen molar-refractivity contribution in [3.05, 3.63) is 37.1 Å². The van der Waals surface area contributed by atoms with Gasteiger partial charge in [-0.3, -0.25) is 0 Å². The van der Waals surface area contributed by atoms with E-state index in [9.17, 15) is 0 Å². The van der Waals surface area contributed by atoms with E-state index in [1.165, 1.54) is 0 Å². The maximum Gasteiger partial charge on any atom is 0.0113 e. The van der Waals surface area contributed by atoms with E-state index in [2.05, 4.69) is 19.7 Å². The topological polar surface area (TPSA) is 3.24 Å². The first kappa shape index (κ1) is 9.02. The Labute approximate surface area is 63.3 Å². The zero-order valence-corrected chi connectivity index (χ0v) is 6.85. The fourth-order valence-electron chi connectivity index (χ4n) is 0.492. The highest BCUT2D eigenvalue weighted by molar-refractivity contribution is 5.17. The first-order chi connectivity index (χ1) is 4.57. The van der Waals surface area contributed by atoms with Gasteiger partial charge in [0, 0.05) is 26.2 Å². The van der Waals surface area contributed by atoms with Crippen LogP contribution in [0.2, 0.25) is 0 Å². The van der Waals surface area contributed by atoms with Crippen molar-refractivity contribution >= 4 is 0 Å². The molecule has 56 valence electrons. The summed E-state index contributed by atoms with van der Waals surface area (Å²) in [6.07, 6.45) is 2.57. The van der Waals surface area contributed by atoms with Crippen LogP contribution >= 0.6 is 0 Å². The lowest BCUT2D eigenvalue weighted by Gasteiger charge is -2.15. The molecule has 0 aromatic heterocycles. The van der Waals surface area contributed by atoms with Gasteiger partial charge in [-0.1, -0.05) is 25.8 Å². The number of hydrogen-bond acceptors (Lipinski definition) is 1. The van der Waals surface area contributed by atoms with E-state index < -0.39 is 0 Å².